The number of carbonyl (C=O) groups excluding carboxylic acids is 1. The van der Waals surface area contributed by atoms with E-state index in [9.17, 15) is 24.8 Å². The molecule has 1 aromatic heterocycles. The third-order valence-electron chi connectivity index (χ3n) is 4.24. The smallest absolute Gasteiger partial charge is 0.310 e. The summed E-state index contributed by atoms with van der Waals surface area (Å²) in [6.45, 7) is 3.61. The van der Waals surface area contributed by atoms with E-state index in [1.807, 2.05) is 0 Å². The third-order valence-corrected chi connectivity index (χ3v) is 4.56. The Morgan fingerprint density at radius 1 is 1.42 bits per heavy atom. The Hall–Kier alpha value is -2.88. The van der Waals surface area contributed by atoms with Crippen LogP contribution in [-0.4, -0.2) is 25.5 Å². The van der Waals surface area contributed by atoms with E-state index in [2.05, 4.69) is 22.9 Å². The molecule has 2 N–H and O–H groups in total. The molecule has 0 radical (unpaired) electrons. The molecule has 1 aromatic carbocycles. The van der Waals surface area contributed by atoms with Gasteiger partial charge in [-0.05, 0) is 25.5 Å². The highest BCUT2D eigenvalue weighted by atomic mass is 32.1. The van der Waals surface area contributed by atoms with Crippen LogP contribution in [0.15, 0.2) is 28.2 Å². The summed E-state index contributed by atoms with van der Waals surface area (Å²) in [4.78, 5) is 39.7. The fourth-order valence-electron chi connectivity index (χ4n) is 3.07. The van der Waals surface area contributed by atoms with Gasteiger partial charge >= 0.3 is 5.69 Å². The van der Waals surface area contributed by atoms with Crippen molar-refractivity contribution in [1.29, 1.82) is 0 Å². The Labute approximate surface area is 153 Å². The van der Waals surface area contributed by atoms with Crippen molar-refractivity contribution in [1.82, 2.24) is 9.55 Å². The van der Waals surface area contributed by atoms with Crippen molar-refractivity contribution in [2.75, 3.05) is 5.32 Å². The molecule has 26 heavy (non-hydrogen) atoms. The second-order valence-corrected chi connectivity index (χ2v) is 6.65. The van der Waals surface area contributed by atoms with Crippen molar-refractivity contribution in [3.8, 4) is 5.75 Å². The number of fused-ring (bicyclic) bond motifs is 1. The number of amides is 1. The van der Waals surface area contributed by atoms with Crippen LogP contribution in [0.25, 0.3) is 0 Å². The number of benzene rings is 1. The number of carbonyl (C=O) groups is 1. The van der Waals surface area contributed by atoms with Crippen molar-refractivity contribution >= 4 is 30.0 Å². The van der Waals surface area contributed by atoms with E-state index in [0.29, 0.717) is 5.56 Å². The van der Waals surface area contributed by atoms with Gasteiger partial charge in [-0.15, -0.1) is 12.6 Å². The lowest BCUT2D eigenvalue weighted by Gasteiger charge is -2.26. The molecule has 0 saturated carbocycles. The van der Waals surface area contributed by atoms with Gasteiger partial charge in [-0.1, -0.05) is 6.07 Å². The zero-order chi connectivity index (χ0) is 19.2. The van der Waals surface area contributed by atoms with Crippen LogP contribution in [0.2, 0.25) is 0 Å². The number of rotatable bonds is 3. The van der Waals surface area contributed by atoms with E-state index in [4.69, 9.17) is 0 Å². The molecule has 1 unspecified atom stereocenters. The highest BCUT2D eigenvalue weighted by Crippen LogP contribution is 2.38. The Morgan fingerprint density at radius 3 is 2.73 bits per heavy atom. The first-order valence-corrected chi connectivity index (χ1v) is 8.28. The predicted octanol–water partition coefficient (Wildman–Crippen LogP) is 2.20. The van der Waals surface area contributed by atoms with Crippen LogP contribution in [0.4, 0.5) is 11.5 Å². The number of hydrogen-bond donors (Lipinski definition) is 3. The highest BCUT2D eigenvalue weighted by molar-refractivity contribution is 7.80. The summed E-state index contributed by atoms with van der Waals surface area (Å²) in [5, 5.41) is 23.5. The first-order chi connectivity index (χ1) is 12.2. The Kier molecular flexibility index (Phi) is 4.45. The monoisotopic (exact) mass is 376 g/mol. The van der Waals surface area contributed by atoms with Crippen LogP contribution >= 0.6 is 12.6 Å². The molecule has 3 rings (SSSR count). The number of aromatic hydroxyl groups is 1. The van der Waals surface area contributed by atoms with Crippen molar-refractivity contribution in [3.05, 3.63) is 49.8 Å². The number of phenolic OH excluding ortho intramolecular Hbond substituents is 1. The maximum absolute atomic E-state index is 13.0. The maximum Gasteiger partial charge on any atom is 0.310 e. The molecule has 2 aromatic rings. The Balaban J connectivity index is 2.25. The first kappa shape index (κ1) is 17.9. The molecule has 0 bridgehead atoms. The van der Waals surface area contributed by atoms with Gasteiger partial charge in [0.15, 0.2) is 10.9 Å². The number of hydrogen-bond acceptors (Lipinski definition) is 7. The second kappa shape index (κ2) is 6.45. The van der Waals surface area contributed by atoms with Crippen molar-refractivity contribution in [2.24, 2.45) is 0 Å². The number of phenols is 1. The number of nitro groups is 1. The molecular formula is C16H16N4O5S. The van der Waals surface area contributed by atoms with Gasteiger partial charge in [0.25, 0.3) is 5.56 Å². The lowest BCUT2D eigenvalue weighted by molar-refractivity contribution is -0.385. The zero-order valence-electron chi connectivity index (χ0n) is 14.0. The van der Waals surface area contributed by atoms with Gasteiger partial charge < -0.3 is 10.4 Å². The SMILES string of the molecule is CC(C)n1c(S)nc2c(c1=O)C(c1ccc(O)c([N+](=O)[O-])c1)CC(=O)N2. The summed E-state index contributed by atoms with van der Waals surface area (Å²) in [5.74, 6) is -1.45. The van der Waals surface area contributed by atoms with Gasteiger partial charge in [0.05, 0.1) is 10.5 Å². The largest absolute Gasteiger partial charge is 0.502 e. The standard InChI is InChI=1S/C16H16N4O5S/c1-7(2)19-15(23)13-9(6-12(22)17-14(13)18-16(19)26)8-3-4-11(21)10(5-8)20(24)25/h3-5,7,9,21H,6H2,1-2H3,(H,17,22)(H,18,26). The summed E-state index contributed by atoms with van der Waals surface area (Å²) in [7, 11) is 0. The van der Waals surface area contributed by atoms with Crippen LogP contribution in [0.5, 0.6) is 5.75 Å². The third kappa shape index (κ3) is 2.92. The van der Waals surface area contributed by atoms with Gasteiger partial charge in [-0.3, -0.25) is 24.3 Å². The molecule has 136 valence electrons. The minimum atomic E-state index is -0.718. The van der Waals surface area contributed by atoms with E-state index in [0.717, 1.165) is 0 Å². The number of nitro benzene ring substituents is 1. The minimum Gasteiger partial charge on any atom is -0.502 e. The normalized spacial score (nSPS) is 16.3. The molecular weight excluding hydrogens is 360 g/mol. The van der Waals surface area contributed by atoms with Crippen LogP contribution in [-0.2, 0) is 4.79 Å². The van der Waals surface area contributed by atoms with E-state index in [-0.39, 0.29) is 40.5 Å². The molecule has 0 spiro atoms. The Bertz CT molecular complexity index is 985. The fraction of sp³-hybridized carbons (Fsp3) is 0.312. The van der Waals surface area contributed by atoms with Crippen LogP contribution in [0, 0.1) is 10.1 Å². The molecule has 1 amide bonds. The van der Waals surface area contributed by atoms with Crippen LogP contribution < -0.4 is 10.9 Å². The van der Waals surface area contributed by atoms with E-state index in [1.165, 1.54) is 22.8 Å². The lowest BCUT2D eigenvalue weighted by Crippen LogP contribution is -2.35. The number of thiol groups is 1. The summed E-state index contributed by atoms with van der Waals surface area (Å²) < 4.78 is 1.39. The molecule has 1 aliphatic heterocycles. The predicted molar refractivity (Wildman–Crippen MR) is 96.0 cm³/mol. The van der Waals surface area contributed by atoms with E-state index < -0.39 is 22.3 Å². The summed E-state index contributed by atoms with van der Waals surface area (Å²) in [6, 6.07) is 3.61. The fourth-order valence-corrected chi connectivity index (χ4v) is 3.49. The van der Waals surface area contributed by atoms with Gasteiger partial charge in [0.2, 0.25) is 5.91 Å². The number of anilines is 1. The molecule has 10 heteroatoms. The van der Waals surface area contributed by atoms with Crippen molar-refractivity contribution < 1.29 is 14.8 Å². The van der Waals surface area contributed by atoms with E-state index in [1.54, 1.807) is 13.8 Å². The topological polar surface area (TPSA) is 127 Å². The zero-order valence-corrected chi connectivity index (χ0v) is 14.9. The molecule has 2 heterocycles. The van der Waals surface area contributed by atoms with Crippen LogP contribution in [0.3, 0.4) is 0 Å². The lowest BCUT2D eigenvalue weighted by atomic mass is 9.86. The van der Waals surface area contributed by atoms with E-state index >= 15 is 0 Å². The molecule has 0 aliphatic carbocycles. The average Bonchev–Trinajstić information content (AvgIpc) is 2.53. The molecule has 1 aliphatic rings. The van der Waals surface area contributed by atoms with Gasteiger partial charge in [0.1, 0.15) is 5.82 Å². The number of nitrogens with one attached hydrogen (secondary N) is 1. The number of aromatic nitrogens is 2. The number of nitrogens with zero attached hydrogens (tertiary/aromatic N) is 3. The molecule has 0 saturated heterocycles. The average molecular weight is 376 g/mol. The van der Waals surface area contributed by atoms with Gasteiger partial charge in [-0.25, -0.2) is 4.98 Å². The van der Waals surface area contributed by atoms with Gasteiger partial charge in [-0.2, -0.15) is 0 Å². The second-order valence-electron chi connectivity index (χ2n) is 6.25. The molecule has 1 atom stereocenters. The molecule has 0 fully saturated rings. The van der Waals surface area contributed by atoms with Gasteiger partial charge in [0, 0.05) is 24.4 Å². The molecule has 9 nitrogen and oxygen atoms in total. The minimum absolute atomic E-state index is 0.0597. The summed E-state index contributed by atoms with van der Waals surface area (Å²) >= 11 is 4.22. The van der Waals surface area contributed by atoms with Crippen molar-refractivity contribution in [3.63, 3.8) is 0 Å². The quantitative estimate of drug-likeness (QED) is 0.326. The van der Waals surface area contributed by atoms with Crippen molar-refractivity contribution in [2.45, 2.75) is 37.4 Å². The maximum atomic E-state index is 13.0. The first-order valence-electron chi connectivity index (χ1n) is 7.83. The Morgan fingerprint density at radius 2 is 2.12 bits per heavy atom. The van der Waals surface area contributed by atoms with Crippen LogP contribution in [0.1, 0.15) is 43.4 Å². The summed E-state index contributed by atoms with van der Waals surface area (Å²) in [6.07, 6.45) is -0.0597. The summed E-state index contributed by atoms with van der Waals surface area (Å²) in [5.41, 5.74) is -0.225. The highest BCUT2D eigenvalue weighted by Gasteiger charge is 2.33.